The molecule has 18 heavy (non-hydrogen) atoms. The Kier molecular flexibility index (Phi) is 6.28. The number of aliphatic hydroxyl groups excluding tert-OH is 1. The molecule has 0 saturated carbocycles. The molecule has 1 fully saturated rings. The van der Waals surface area contributed by atoms with Gasteiger partial charge < -0.3 is 25.0 Å². The second-order valence-corrected chi connectivity index (χ2v) is 5.65. The van der Waals surface area contributed by atoms with Gasteiger partial charge in [0.1, 0.15) is 0 Å². The van der Waals surface area contributed by atoms with Gasteiger partial charge in [-0.25, -0.2) is 0 Å². The minimum Gasteiger partial charge on any atom is -0.391 e. The lowest BCUT2D eigenvalue weighted by Gasteiger charge is -2.30. The molecule has 6 heteroatoms. The number of β-amino-alcohol motifs (C(OH)–C–C–N with tert-alkyl or cyclic N) is 1. The molecule has 0 amide bonds. The molecule has 0 spiro atoms. The van der Waals surface area contributed by atoms with E-state index >= 15 is 0 Å². The van der Waals surface area contributed by atoms with Crippen LogP contribution in [0.15, 0.2) is 0 Å². The second-order valence-electron chi connectivity index (χ2n) is 5.26. The summed E-state index contributed by atoms with van der Waals surface area (Å²) in [5, 5.41) is 13.8. The minimum absolute atomic E-state index is 0.181. The summed E-state index contributed by atoms with van der Waals surface area (Å²) in [5.41, 5.74) is 0. The first-order valence-electron chi connectivity index (χ1n) is 6.33. The third kappa shape index (κ3) is 4.68. The predicted molar refractivity (Wildman–Crippen MR) is 76.7 cm³/mol. The Morgan fingerprint density at radius 2 is 2.28 bits per heavy atom. The molecule has 1 aliphatic heterocycles. The summed E-state index contributed by atoms with van der Waals surface area (Å²) in [5.74, 6) is 0. The normalized spacial score (nSPS) is 25.6. The van der Waals surface area contributed by atoms with Crippen molar-refractivity contribution in [2.45, 2.75) is 31.5 Å². The van der Waals surface area contributed by atoms with Crippen molar-refractivity contribution in [1.29, 1.82) is 0 Å². The van der Waals surface area contributed by atoms with Crippen LogP contribution >= 0.6 is 12.2 Å². The third-order valence-corrected chi connectivity index (χ3v) is 3.37. The Morgan fingerprint density at radius 3 is 2.83 bits per heavy atom. The number of hydrogen-bond acceptors (Lipinski definition) is 4. The number of methoxy groups -OCH3 is 1. The maximum absolute atomic E-state index is 9.80. The Balaban J connectivity index is 2.53. The zero-order chi connectivity index (χ0) is 13.7. The maximum Gasteiger partial charge on any atom is 0.169 e. The number of rotatable bonds is 5. The quantitative estimate of drug-likeness (QED) is 0.683. The fourth-order valence-corrected chi connectivity index (χ4v) is 2.75. The van der Waals surface area contributed by atoms with Gasteiger partial charge in [-0.05, 0) is 39.7 Å². The molecule has 1 heterocycles. The SMILES string of the molecule is COCC(C)NC(=S)N1CC(O)CC1CN(C)C. The van der Waals surface area contributed by atoms with Crippen molar-refractivity contribution in [1.82, 2.24) is 15.1 Å². The van der Waals surface area contributed by atoms with Gasteiger partial charge in [-0.2, -0.15) is 0 Å². The van der Waals surface area contributed by atoms with Crippen molar-refractivity contribution >= 4 is 17.3 Å². The van der Waals surface area contributed by atoms with Crippen LogP contribution in [0.25, 0.3) is 0 Å². The number of nitrogens with one attached hydrogen (secondary N) is 1. The summed E-state index contributed by atoms with van der Waals surface area (Å²) in [7, 11) is 5.75. The van der Waals surface area contributed by atoms with E-state index in [2.05, 4.69) is 15.1 Å². The standard InChI is InChI=1S/C12H25N3O2S/c1-9(8-17-4)13-12(18)15-7-11(16)5-10(15)6-14(2)3/h9-11,16H,5-8H2,1-4H3,(H,13,18). The highest BCUT2D eigenvalue weighted by Crippen LogP contribution is 2.18. The van der Waals surface area contributed by atoms with Crippen LogP contribution in [0.2, 0.25) is 0 Å². The van der Waals surface area contributed by atoms with Gasteiger partial charge in [-0.15, -0.1) is 0 Å². The monoisotopic (exact) mass is 275 g/mol. The van der Waals surface area contributed by atoms with Gasteiger partial charge in [0.2, 0.25) is 0 Å². The Bertz CT molecular complexity index is 276. The number of aliphatic hydroxyl groups is 1. The molecule has 106 valence electrons. The van der Waals surface area contributed by atoms with Crippen molar-refractivity contribution in [2.75, 3.05) is 40.9 Å². The molecule has 1 aliphatic rings. The highest BCUT2D eigenvalue weighted by molar-refractivity contribution is 7.80. The van der Waals surface area contributed by atoms with Crippen molar-refractivity contribution in [3.05, 3.63) is 0 Å². The van der Waals surface area contributed by atoms with Gasteiger partial charge >= 0.3 is 0 Å². The van der Waals surface area contributed by atoms with Crippen LogP contribution in [0.3, 0.4) is 0 Å². The van der Waals surface area contributed by atoms with Gasteiger partial charge in [-0.3, -0.25) is 0 Å². The fourth-order valence-electron chi connectivity index (χ4n) is 2.32. The highest BCUT2D eigenvalue weighted by Gasteiger charge is 2.32. The second kappa shape index (κ2) is 7.23. The molecule has 0 radical (unpaired) electrons. The summed E-state index contributed by atoms with van der Waals surface area (Å²) >= 11 is 5.42. The van der Waals surface area contributed by atoms with E-state index in [0.717, 1.165) is 13.0 Å². The molecule has 3 atom stereocenters. The van der Waals surface area contributed by atoms with Crippen molar-refractivity contribution in [3.8, 4) is 0 Å². The number of hydrogen-bond donors (Lipinski definition) is 2. The van der Waals surface area contributed by atoms with E-state index in [1.54, 1.807) is 7.11 Å². The van der Waals surface area contributed by atoms with Crippen LogP contribution < -0.4 is 5.32 Å². The molecule has 1 saturated heterocycles. The molecule has 0 aromatic carbocycles. The smallest absolute Gasteiger partial charge is 0.169 e. The van der Waals surface area contributed by atoms with Crippen LogP contribution in [0.4, 0.5) is 0 Å². The molecule has 5 nitrogen and oxygen atoms in total. The zero-order valence-electron chi connectivity index (χ0n) is 11.7. The summed E-state index contributed by atoms with van der Waals surface area (Å²) in [6.45, 7) is 4.17. The Hall–Kier alpha value is -0.430. The molecule has 2 N–H and O–H groups in total. The highest BCUT2D eigenvalue weighted by atomic mass is 32.1. The molecule has 0 aromatic rings. The van der Waals surface area contributed by atoms with Gasteiger partial charge in [0.05, 0.1) is 12.7 Å². The van der Waals surface area contributed by atoms with Crippen LogP contribution in [0, 0.1) is 0 Å². The molecular formula is C12H25N3O2S. The number of likely N-dealkylation sites (tertiary alicyclic amines) is 1. The summed E-state index contributed by atoms with van der Waals surface area (Å²) < 4.78 is 5.08. The van der Waals surface area contributed by atoms with E-state index in [0.29, 0.717) is 18.3 Å². The van der Waals surface area contributed by atoms with E-state index in [1.165, 1.54) is 0 Å². The largest absolute Gasteiger partial charge is 0.391 e. The van der Waals surface area contributed by atoms with Crippen LogP contribution in [-0.4, -0.2) is 79.1 Å². The first kappa shape index (κ1) is 15.6. The van der Waals surface area contributed by atoms with E-state index in [-0.39, 0.29) is 18.2 Å². The average Bonchev–Trinajstić information content (AvgIpc) is 2.58. The molecule has 0 bridgehead atoms. The van der Waals surface area contributed by atoms with E-state index in [4.69, 9.17) is 17.0 Å². The van der Waals surface area contributed by atoms with Gasteiger partial charge in [0.25, 0.3) is 0 Å². The first-order valence-corrected chi connectivity index (χ1v) is 6.73. The van der Waals surface area contributed by atoms with Gasteiger partial charge in [-0.1, -0.05) is 0 Å². The zero-order valence-corrected chi connectivity index (χ0v) is 12.5. The first-order chi connectivity index (χ1) is 8.43. The molecule has 1 rings (SSSR count). The average molecular weight is 275 g/mol. The number of likely N-dealkylation sites (N-methyl/N-ethyl adjacent to an activating group) is 1. The van der Waals surface area contributed by atoms with Crippen molar-refractivity contribution in [2.24, 2.45) is 0 Å². The number of ether oxygens (including phenoxy) is 1. The fraction of sp³-hybridized carbons (Fsp3) is 0.917. The Labute approximate surface area is 115 Å². The lowest BCUT2D eigenvalue weighted by molar-refractivity contribution is 0.175. The lowest BCUT2D eigenvalue weighted by Crippen LogP contribution is -2.49. The van der Waals surface area contributed by atoms with E-state index in [1.807, 2.05) is 21.0 Å². The van der Waals surface area contributed by atoms with Crippen molar-refractivity contribution < 1.29 is 9.84 Å². The van der Waals surface area contributed by atoms with Gasteiger partial charge in [0.15, 0.2) is 5.11 Å². The van der Waals surface area contributed by atoms with E-state index < -0.39 is 0 Å². The molecule has 0 aromatic heterocycles. The van der Waals surface area contributed by atoms with Crippen LogP contribution in [0.1, 0.15) is 13.3 Å². The number of nitrogens with zero attached hydrogens (tertiary/aromatic N) is 2. The minimum atomic E-state index is -0.285. The topological polar surface area (TPSA) is 48.0 Å². The summed E-state index contributed by atoms with van der Waals surface area (Å²) in [4.78, 5) is 4.21. The maximum atomic E-state index is 9.80. The molecular weight excluding hydrogens is 250 g/mol. The van der Waals surface area contributed by atoms with Crippen molar-refractivity contribution in [3.63, 3.8) is 0 Å². The van der Waals surface area contributed by atoms with Crippen LogP contribution in [0.5, 0.6) is 0 Å². The number of thiocarbonyl (C=S) groups is 1. The molecule has 3 unspecified atom stereocenters. The van der Waals surface area contributed by atoms with Gasteiger partial charge in [0, 0.05) is 32.3 Å². The van der Waals surface area contributed by atoms with Crippen LogP contribution in [-0.2, 0) is 4.74 Å². The predicted octanol–water partition coefficient (Wildman–Crippen LogP) is -0.107. The summed E-state index contributed by atoms with van der Waals surface area (Å²) in [6.07, 6.45) is 0.492. The van der Waals surface area contributed by atoms with E-state index in [9.17, 15) is 5.11 Å². The Morgan fingerprint density at radius 1 is 1.61 bits per heavy atom. The third-order valence-electron chi connectivity index (χ3n) is 3.02. The summed E-state index contributed by atoms with van der Waals surface area (Å²) in [6, 6.07) is 0.463. The lowest BCUT2D eigenvalue weighted by atomic mass is 10.2. The molecule has 0 aliphatic carbocycles.